The predicted molar refractivity (Wildman–Crippen MR) is 110 cm³/mol. The van der Waals surface area contributed by atoms with Gasteiger partial charge in [-0.05, 0) is 50.2 Å². The van der Waals surface area contributed by atoms with Crippen molar-refractivity contribution >= 4 is 11.0 Å². The smallest absolute Gasteiger partial charge is 0.269 e. The van der Waals surface area contributed by atoms with Crippen LogP contribution in [0.4, 0.5) is 0 Å². The number of aromatic nitrogens is 4. The van der Waals surface area contributed by atoms with Crippen LogP contribution in [0.5, 0.6) is 5.75 Å². The molecule has 142 valence electrons. The van der Waals surface area contributed by atoms with Crippen molar-refractivity contribution in [3.05, 3.63) is 76.5 Å². The van der Waals surface area contributed by atoms with E-state index in [0.717, 1.165) is 17.1 Å². The molecule has 0 fully saturated rings. The first-order valence-electron chi connectivity index (χ1n) is 9.42. The summed E-state index contributed by atoms with van der Waals surface area (Å²) < 4.78 is 8.87. The molecule has 0 unspecified atom stereocenters. The molecule has 0 saturated heterocycles. The fourth-order valence-corrected chi connectivity index (χ4v) is 3.25. The van der Waals surface area contributed by atoms with Crippen molar-refractivity contribution in [2.45, 2.75) is 27.2 Å². The van der Waals surface area contributed by atoms with Crippen molar-refractivity contribution in [1.29, 1.82) is 0 Å². The van der Waals surface area contributed by atoms with Crippen molar-refractivity contribution < 1.29 is 4.74 Å². The summed E-state index contributed by atoms with van der Waals surface area (Å²) in [7, 11) is 0. The summed E-state index contributed by atoms with van der Waals surface area (Å²) >= 11 is 0. The second kappa shape index (κ2) is 7.31. The molecule has 4 aromatic rings. The lowest BCUT2D eigenvalue weighted by Gasteiger charge is -2.13. The van der Waals surface area contributed by atoms with Gasteiger partial charge in [0.05, 0.1) is 24.2 Å². The van der Waals surface area contributed by atoms with Gasteiger partial charge in [0.15, 0.2) is 5.65 Å². The van der Waals surface area contributed by atoms with Gasteiger partial charge in [-0.2, -0.15) is 5.10 Å². The minimum absolute atomic E-state index is 0.121. The SMILES string of the molecule is CCOc1ccc(-n2c(CC)nc3c(cnn3-c3ccc(C)cc3)c2=O)cc1. The van der Waals surface area contributed by atoms with Gasteiger partial charge in [-0.1, -0.05) is 24.6 Å². The van der Waals surface area contributed by atoms with Crippen molar-refractivity contribution in [2.75, 3.05) is 6.61 Å². The Morgan fingerprint density at radius 3 is 2.29 bits per heavy atom. The van der Waals surface area contributed by atoms with E-state index >= 15 is 0 Å². The minimum Gasteiger partial charge on any atom is -0.494 e. The highest BCUT2D eigenvalue weighted by Gasteiger charge is 2.16. The van der Waals surface area contributed by atoms with Gasteiger partial charge >= 0.3 is 0 Å². The first kappa shape index (κ1) is 18.0. The summed E-state index contributed by atoms with van der Waals surface area (Å²) in [4.78, 5) is 18.0. The first-order chi connectivity index (χ1) is 13.6. The molecule has 0 aliphatic heterocycles. The Hall–Kier alpha value is -3.41. The molecule has 2 aromatic carbocycles. The van der Waals surface area contributed by atoms with Crippen LogP contribution in [-0.4, -0.2) is 25.9 Å². The number of fused-ring (bicyclic) bond motifs is 1. The van der Waals surface area contributed by atoms with Gasteiger partial charge in [0.1, 0.15) is 17.0 Å². The number of nitrogens with zero attached hydrogens (tertiary/aromatic N) is 4. The Labute approximate surface area is 163 Å². The van der Waals surface area contributed by atoms with Crippen LogP contribution in [0.1, 0.15) is 25.2 Å². The standard InChI is InChI=1S/C22H22N4O2/c1-4-20-24-21-19(14-23-26(21)17-8-6-15(3)7-9-17)22(27)25(20)16-10-12-18(13-11-16)28-5-2/h6-14H,4-5H2,1-3H3. The Morgan fingerprint density at radius 2 is 1.64 bits per heavy atom. The molecule has 6 heteroatoms. The lowest BCUT2D eigenvalue weighted by molar-refractivity contribution is 0.340. The second-order valence-corrected chi connectivity index (χ2v) is 6.58. The number of benzene rings is 2. The zero-order valence-corrected chi connectivity index (χ0v) is 16.2. The molecule has 0 spiro atoms. The fraction of sp³-hybridized carbons (Fsp3) is 0.227. The van der Waals surface area contributed by atoms with Gasteiger partial charge in [-0.3, -0.25) is 9.36 Å². The van der Waals surface area contributed by atoms with Crippen molar-refractivity contribution in [2.24, 2.45) is 0 Å². The van der Waals surface area contributed by atoms with Gasteiger partial charge in [-0.15, -0.1) is 0 Å². The van der Waals surface area contributed by atoms with E-state index in [2.05, 4.69) is 5.10 Å². The van der Waals surface area contributed by atoms with Crippen LogP contribution < -0.4 is 10.3 Å². The van der Waals surface area contributed by atoms with Gasteiger partial charge < -0.3 is 4.74 Å². The molecule has 0 bridgehead atoms. The largest absolute Gasteiger partial charge is 0.494 e. The summed E-state index contributed by atoms with van der Waals surface area (Å²) in [5.41, 5.74) is 3.27. The molecule has 0 amide bonds. The van der Waals surface area contributed by atoms with Crippen LogP contribution in [-0.2, 0) is 6.42 Å². The molecule has 0 aliphatic rings. The topological polar surface area (TPSA) is 61.9 Å². The third-order valence-electron chi connectivity index (χ3n) is 4.67. The van der Waals surface area contributed by atoms with Crippen LogP contribution in [0.15, 0.2) is 59.5 Å². The molecule has 0 saturated carbocycles. The van der Waals surface area contributed by atoms with E-state index in [0.29, 0.717) is 29.9 Å². The predicted octanol–water partition coefficient (Wildman–Crippen LogP) is 3.84. The summed E-state index contributed by atoms with van der Waals surface area (Å²) in [5, 5.41) is 4.92. The van der Waals surface area contributed by atoms with E-state index in [4.69, 9.17) is 9.72 Å². The summed E-state index contributed by atoms with van der Waals surface area (Å²) in [6.07, 6.45) is 2.21. The summed E-state index contributed by atoms with van der Waals surface area (Å²) in [6.45, 7) is 6.57. The highest BCUT2D eigenvalue weighted by atomic mass is 16.5. The van der Waals surface area contributed by atoms with Crippen molar-refractivity contribution in [3.63, 3.8) is 0 Å². The van der Waals surface area contributed by atoms with Gasteiger partial charge in [0.2, 0.25) is 0 Å². The Bertz CT molecular complexity index is 1170. The van der Waals surface area contributed by atoms with E-state index in [1.165, 1.54) is 5.56 Å². The number of hydrogen-bond donors (Lipinski definition) is 0. The van der Waals surface area contributed by atoms with Crippen LogP contribution in [0.2, 0.25) is 0 Å². The van der Waals surface area contributed by atoms with Gasteiger partial charge in [0, 0.05) is 6.42 Å². The first-order valence-corrected chi connectivity index (χ1v) is 9.42. The molecule has 2 aromatic heterocycles. The van der Waals surface area contributed by atoms with Crippen LogP contribution in [0.3, 0.4) is 0 Å². The molecule has 6 nitrogen and oxygen atoms in total. The van der Waals surface area contributed by atoms with E-state index in [1.807, 2.05) is 69.3 Å². The maximum Gasteiger partial charge on any atom is 0.269 e. The van der Waals surface area contributed by atoms with Crippen molar-refractivity contribution in [3.8, 4) is 17.1 Å². The highest BCUT2D eigenvalue weighted by Crippen LogP contribution is 2.19. The van der Waals surface area contributed by atoms with Crippen LogP contribution >= 0.6 is 0 Å². The number of aryl methyl sites for hydroxylation is 2. The van der Waals surface area contributed by atoms with E-state index in [-0.39, 0.29) is 5.56 Å². The third kappa shape index (κ3) is 3.07. The van der Waals surface area contributed by atoms with E-state index in [1.54, 1.807) is 15.4 Å². The molecule has 0 radical (unpaired) electrons. The second-order valence-electron chi connectivity index (χ2n) is 6.58. The zero-order chi connectivity index (χ0) is 19.7. The molecule has 0 atom stereocenters. The lowest BCUT2D eigenvalue weighted by Crippen LogP contribution is -2.23. The highest BCUT2D eigenvalue weighted by molar-refractivity contribution is 5.76. The van der Waals surface area contributed by atoms with Crippen LogP contribution in [0.25, 0.3) is 22.4 Å². The van der Waals surface area contributed by atoms with Gasteiger partial charge in [-0.25, -0.2) is 9.67 Å². The molecule has 28 heavy (non-hydrogen) atoms. The Balaban J connectivity index is 1.88. The van der Waals surface area contributed by atoms with Crippen LogP contribution in [0, 0.1) is 6.92 Å². The zero-order valence-electron chi connectivity index (χ0n) is 16.2. The average Bonchev–Trinajstić information content (AvgIpc) is 3.14. The van der Waals surface area contributed by atoms with E-state index < -0.39 is 0 Å². The number of hydrogen-bond acceptors (Lipinski definition) is 4. The molecular weight excluding hydrogens is 352 g/mol. The fourth-order valence-electron chi connectivity index (χ4n) is 3.25. The maximum atomic E-state index is 13.3. The maximum absolute atomic E-state index is 13.3. The summed E-state index contributed by atoms with van der Waals surface area (Å²) in [5.74, 6) is 1.47. The molecule has 0 N–H and O–H groups in total. The molecular formula is C22H22N4O2. The molecule has 0 aliphatic carbocycles. The number of ether oxygens (including phenoxy) is 1. The molecule has 4 rings (SSSR count). The van der Waals surface area contributed by atoms with E-state index in [9.17, 15) is 4.79 Å². The quantitative estimate of drug-likeness (QED) is 0.532. The Morgan fingerprint density at radius 1 is 0.964 bits per heavy atom. The lowest BCUT2D eigenvalue weighted by atomic mass is 10.2. The average molecular weight is 374 g/mol. The minimum atomic E-state index is -0.121. The summed E-state index contributed by atoms with van der Waals surface area (Å²) in [6, 6.07) is 15.5. The Kier molecular flexibility index (Phi) is 4.69. The third-order valence-corrected chi connectivity index (χ3v) is 4.67. The monoisotopic (exact) mass is 374 g/mol. The number of rotatable bonds is 5. The van der Waals surface area contributed by atoms with Crippen molar-refractivity contribution in [1.82, 2.24) is 19.3 Å². The normalized spacial score (nSPS) is 11.1. The van der Waals surface area contributed by atoms with Gasteiger partial charge in [0.25, 0.3) is 5.56 Å². The molecule has 2 heterocycles.